The van der Waals surface area contributed by atoms with Gasteiger partial charge in [-0.1, -0.05) is 48.5 Å². The van der Waals surface area contributed by atoms with Gasteiger partial charge in [0, 0.05) is 59.2 Å². The lowest BCUT2D eigenvalue weighted by atomic mass is 9.94. The topological polar surface area (TPSA) is 90.0 Å². The molecule has 0 atom stereocenters. The van der Waals surface area contributed by atoms with Crippen molar-refractivity contribution < 1.29 is 19.2 Å². The highest BCUT2D eigenvalue weighted by Gasteiger charge is 2.33. The SMILES string of the molecule is CN(CCCNCCN1C(=O)c2cccc3cccc(c23)C1=O)CCN1C(=O)c2cccc3cccc(c23)C1=O. The molecular formula is C32H30N4O4. The second-order valence-electron chi connectivity index (χ2n) is 10.3. The van der Waals surface area contributed by atoms with Crippen LogP contribution in [0, 0.1) is 0 Å². The van der Waals surface area contributed by atoms with Crippen molar-refractivity contribution in [3.63, 3.8) is 0 Å². The van der Waals surface area contributed by atoms with Gasteiger partial charge in [-0.05, 0) is 61.6 Å². The van der Waals surface area contributed by atoms with Crippen LogP contribution in [-0.4, -0.2) is 84.6 Å². The lowest BCUT2D eigenvalue weighted by Crippen LogP contribution is -2.44. The zero-order valence-electron chi connectivity index (χ0n) is 22.4. The van der Waals surface area contributed by atoms with Crippen LogP contribution in [0.15, 0.2) is 72.8 Å². The normalized spacial score (nSPS) is 14.8. The van der Waals surface area contributed by atoms with Crippen molar-refractivity contribution in [2.45, 2.75) is 6.42 Å². The first-order chi connectivity index (χ1) is 19.5. The van der Waals surface area contributed by atoms with Crippen LogP contribution < -0.4 is 5.32 Å². The Morgan fingerprint density at radius 3 is 1.45 bits per heavy atom. The standard InChI is InChI=1S/C32H30N4O4/c1-34(19-20-36-31(39)25-13-4-9-22-10-5-14-26(28(22)25)32(36)40)17-6-15-33-16-18-35-29(37)23-11-2-7-21-8-3-12-24(27(21)23)30(35)38/h2-5,7-14,33H,6,15-20H2,1H3. The van der Waals surface area contributed by atoms with E-state index in [-0.39, 0.29) is 23.6 Å². The first kappa shape index (κ1) is 25.9. The number of nitrogens with one attached hydrogen (secondary N) is 1. The summed E-state index contributed by atoms with van der Waals surface area (Å²) in [6.07, 6.45) is 0.838. The molecule has 0 aliphatic carbocycles. The van der Waals surface area contributed by atoms with Gasteiger partial charge in [-0.25, -0.2) is 0 Å². The number of carbonyl (C=O) groups is 4. The van der Waals surface area contributed by atoms with E-state index in [9.17, 15) is 19.2 Å². The fraction of sp³-hybridized carbons (Fsp3) is 0.250. The fourth-order valence-corrected chi connectivity index (χ4v) is 5.74. The van der Waals surface area contributed by atoms with Gasteiger partial charge in [0.15, 0.2) is 0 Å². The Bertz CT molecular complexity index is 1580. The van der Waals surface area contributed by atoms with Gasteiger partial charge < -0.3 is 10.2 Å². The molecule has 0 fully saturated rings. The minimum Gasteiger partial charge on any atom is -0.315 e. The van der Waals surface area contributed by atoms with E-state index >= 15 is 0 Å². The molecule has 202 valence electrons. The van der Waals surface area contributed by atoms with Gasteiger partial charge in [-0.2, -0.15) is 0 Å². The Labute approximate surface area is 232 Å². The van der Waals surface area contributed by atoms with Gasteiger partial charge in [0.1, 0.15) is 0 Å². The van der Waals surface area contributed by atoms with Gasteiger partial charge in [-0.3, -0.25) is 29.0 Å². The molecule has 0 aromatic heterocycles. The van der Waals surface area contributed by atoms with E-state index in [0.717, 1.165) is 34.5 Å². The predicted octanol–water partition coefficient (Wildman–Crippen LogP) is 3.80. The summed E-state index contributed by atoms with van der Waals surface area (Å²) < 4.78 is 0. The second-order valence-corrected chi connectivity index (χ2v) is 10.3. The van der Waals surface area contributed by atoms with E-state index < -0.39 is 0 Å². The number of imide groups is 2. The number of amides is 4. The van der Waals surface area contributed by atoms with Crippen molar-refractivity contribution in [3.8, 4) is 0 Å². The first-order valence-corrected chi connectivity index (χ1v) is 13.6. The average Bonchev–Trinajstić information content (AvgIpc) is 2.97. The van der Waals surface area contributed by atoms with Crippen LogP contribution in [0.25, 0.3) is 21.5 Å². The van der Waals surface area contributed by atoms with Crippen molar-refractivity contribution in [3.05, 3.63) is 95.1 Å². The summed E-state index contributed by atoms with van der Waals surface area (Å²) in [6.45, 7) is 3.17. The van der Waals surface area contributed by atoms with Crippen molar-refractivity contribution >= 4 is 45.2 Å². The van der Waals surface area contributed by atoms with Crippen molar-refractivity contribution in [2.24, 2.45) is 0 Å². The molecule has 4 aromatic rings. The van der Waals surface area contributed by atoms with Crippen LogP contribution in [0.2, 0.25) is 0 Å². The molecule has 0 bridgehead atoms. The summed E-state index contributed by atoms with van der Waals surface area (Å²) in [6, 6.07) is 22.2. The Kier molecular flexibility index (Phi) is 6.88. The van der Waals surface area contributed by atoms with E-state index in [4.69, 9.17) is 0 Å². The third-order valence-electron chi connectivity index (χ3n) is 7.82. The molecule has 0 saturated heterocycles. The average molecular weight is 535 g/mol. The molecule has 8 heteroatoms. The number of carbonyl (C=O) groups excluding carboxylic acids is 4. The largest absolute Gasteiger partial charge is 0.315 e. The van der Waals surface area contributed by atoms with Crippen LogP contribution in [0.4, 0.5) is 0 Å². The molecular weight excluding hydrogens is 504 g/mol. The Balaban J connectivity index is 0.961. The lowest BCUT2D eigenvalue weighted by Gasteiger charge is -2.29. The van der Waals surface area contributed by atoms with E-state index in [0.29, 0.717) is 55.0 Å². The molecule has 2 aliphatic heterocycles. The number of benzene rings is 4. The van der Waals surface area contributed by atoms with Crippen LogP contribution in [0.1, 0.15) is 47.9 Å². The molecule has 4 amide bonds. The fourth-order valence-electron chi connectivity index (χ4n) is 5.74. The zero-order chi connectivity index (χ0) is 27.8. The molecule has 0 saturated carbocycles. The van der Waals surface area contributed by atoms with Gasteiger partial charge in [-0.15, -0.1) is 0 Å². The lowest BCUT2D eigenvalue weighted by molar-refractivity contribution is 0.0589. The molecule has 8 nitrogen and oxygen atoms in total. The molecule has 2 aliphatic rings. The highest BCUT2D eigenvalue weighted by molar-refractivity contribution is 6.26. The first-order valence-electron chi connectivity index (χ1n) is 13.6. The maximum atomic E-state index is 13.1. The van der Waals surface area contributed by atoms with Gasteiger partial charge in [0.25, 0.3) is 23.6 Å². The van der Waals surface area contributed by atoms with Crippen LogP contribution in [0.5, 0.6) is 0 Å². The summed E-state index contributed by atoms with van der Waals surface area (Å²) in [4.78, 5) is 56.9. The monoisotopic (exact) mass is 534 g/mol. The molecule has 0 spiro atoms. The maximum Gasteiger partial charge on any atom is 0.261 e. The van der Waals surface area contributed by atoms with Crippen molar-refractivity contribution in [1.29, 1.82) is 0 Å². The van der Waals surface area contributed by atoms with E-state index in [2.05, 4.69) is 10.2 Å². The molecule has 0 radical (unpaired) electrons. The Morgan fingerprint density at radius 2 is 1.00 bits per heavy atom. The summed E-state index contributed by atoms with van der Waals surface area (Å²) in [7, 11) is 1.97. The maximum absolute atomic E-state index is 13.1. The molecule has 2 heterocycles. The highest BCUT2D eigenvalue weighted by Crippen LogP contribution is 2.31. The molecule has 1 N–H and O–H groups in total. The van der Waals surface area contributed by atoms with Crippen molar-refractivity contribution in [2.75, 3.05) is 46.3 Å². The minimum atomic E-state index is -0.253. The number of hydrogen-bond acceptors (Lipinski definition) is 6. The van der Waals surface area contributed by atoms with E-state index in [1.54, 1.807) is 24.3 Å². The summed E-state index contributed by atoms with van der Waals surface area (Å²) in [5.74, 6) is -0.997. The quantitative estimate of drug-likeness (QED) is 0.246. The smallest absolute Gasteiger partial charge is 0.261 e. The number of rotatable bonds is 10. The third-order valence-corrected chi connectivity index (χ3v) is 7.82. The van der Waals surface area contributed by atoms with Gasteiger partial charge >= 0.3 is 0 Å². The molecule has 0 unspecified atom stereocenters. The second kappa shape index (κ2) is 10.6. The minimum absolute atomic E-state index is 0.245. The third kappa shape index (κ3) is 4.45. The Hall–Kier alpha value is -4.40. The number of likely N-dealkylation sites (N-methyl/N-ethyl adjacent to an activating group) is 1. The van der Waals surface area contributed by atoms with Crippen LogP contribution >= 0.6 is 0 Å². The predicted molar refractivity (Wildman–Crippen MR) is 154 cm³/mol. The molecule has 4 aromatic carbocycles. The number of nitrogens with zero attached hydrogens (tertiary/aromatic N) is 3. The summed E-state index contributed by atoms with van der Waals surface area (Å²) in [5, 5.41) is 6.60. The number of hydrogen-bond donors (Lipinski definition) is 1. The van der Waals surface area contributed by atoms with Crippen LogP contribution in [-0.2, 0) is 0 Å². The van der Waals surface area contributed by atoms with E-state index in [1.165, 1.54) is 9.80 Å². The molecule has 40 heavy (non-hydrogen) atoms. The summed E-state index contributed by atoms with van der Waals surface area (Å²) >= 11 is 0. The van der Waals surface area contributed by atoms with Crippen molar-refractivity contribution in [1.82, 2.24) is 20.0 Å². The molecule has 6 rings (SSSR count). The van der Waals surface area contributed by atoms with Crippen LogP contribution in [0.3, 0.4) is 0 Å². The van der Waals surface area contributed by atoms with E-state index in [1.807, 2.05) is 55.6 Å². The highest BCUT2D eigenvalue weighted by atomic mass is 16.2. The Morgan fingerprint density at radius 1 is 0.575 bits per heavy atom. The zero-order valence-corrected chi connectivity index (χ0v) is 22.4. The van der Waals surface area contributed by atoms with Gasteiger partial charge in [0.05, 0.1) is 0 Å². The summed E-state index contributed by atoms with van der Waals surface area (Å²) in [5.41, 5.74) is 2.29. The van der Waals surface area contributed by atoms with Gasteiger partial charge in [0.2, 0.25) is 0 Å².